The molecule has 3 N–H and O–H groups in total. The van der Waals surface area contributed by atoms with Crippen molar-refractivity contribution < 1.29 is 32.9 Å². The van der Waals surface area contributed by atoms with Crippen LogP contribution in [0.4, 0.5) is 0 Å². The number of carbonyl (C=O) groups excluding carboxylic acids is 1. The lowest BCUT2D eigenvalue weighted by Gasteiger charge is -2.25. The molecule has 0 aliphatic carbocycles. The van der Waals surface area contributed by atoms with Crippen LogP contribution in [0.1, 0.15) is 219 Å². The Morgan fingerprint density at radius 3 is 1.44 bits per heavy atom. The topological polar surface area (TPSA) is 105 Å². The standard InChI is InChI=1S/C55H101N2O6P/c1-6-8-10-12-14-16-18-20-22-23-24-25-26-27-28-29-30-31-32-33-35-36-38-40-42-44-46-48-54(58)53(52-63-64(60,61)62-51-50-57(3,4)5)56-55(59)49-47-45-43-41-39-37-34-21-19-17-15-13-11-9-7-2/h9,11,15,17,21,32-34,38,40,46,48,53-54,58H,6-8,10,12-14,16,18-20,22-31,35-37,39,41-45,47,49-52H2,1-5H3,(H-,56,59,60,61)/p+1/b11-9-,17-15-,33-32+,34-21-,40-38+,48-46+. The maximum atomic E-state index is 12.9. The number of nitrogens with zero attached hydrogens (tertiary/aromatic N) is 1. The molecule has 0 spiro atoms. The lowest BCUT2D eigenvalue weighted by molar-refractivity contribution is -0.870. The highest BCUT2D eigenvalue weighted by atomic mass is 31.2. The van der Waals surface area contributed by atoms with E-state index in [1.165, 1.54) is 116 Å². The minimum atomic E-state index is -4.36. The smallest absolute Gasteiger partial charge is 0.387 e. The van der Waals surface area contributed by atoms with E-state index in [-0.39, 0.29) is 19.1 Å². The van der Waals surface area contributed by atoms with E-state index in [1.807, 2.05) is 27.2 Å². The molecule has 3 atom stereocenters. The van der Waals surface area contributed by atoms with Crippen LogP contribution in [0.15, 0.2) is 72.9 Å². The van der Waals surface area contributed by atoms with E-state index < -0.39 is 20.0 Å². The SMILES string of the molecule is CC/C=C\C/C=C\C/C=C\CCCCCCCC(=O)NC(COP(=O)(O)OCC[N+](C)(C)C)C(O)/C=C/CC/C=C/CC/C=C/CCCCCCCCCCCCCCCCCCC. The summed E-state index contributed by atoms with van der Waals surface area (Å²) in [6, 6.07) is -0.882. The third kappa shape index (κ3) is 47.9. The van der Waals surface area contributed by atoms with Crippen molar-refractivity contribution in [2.45, 2.75) is 231 Å². The second-order valence-electron chi connectivity index (χ2n) is 18.8. The van der Waals surface area contributed by atoms with Gasteiger partial charge in [0.25, 0.3) is 0 Å². The molecule has 8 nitrogen and oxygen atoms in total. The molecule has 372 valence electrons. The predicted octanol–water partition coefficient (Wildman–Crippen LogP) is 15.5. The molecule has 0 aliphatic heterocycles. The monoisotopic (exact) mass is 918 g/mol. The van der Waals surface area contributed by atoms with Crippen LogP contribution in [-0.4, -0.2) is 73.4 Å². The van der Waals surface area contributed by atoms with E-state index in [0.29, 0.717) is 17.4 Å². The van der Waals surface area contributed by atoms with Crippen molar-refractivity contribution in [3.05, 3.63) is 72.9 Å². The summed E-state index contributed by atoms with van der Waals surface area (Å²) in [4.78, 5) is 23.2. The number of phosphoric ester groups is 1. The number of likely N-dealkylation sites (N-methyl/N-ethyl adjacent to an activating group) is 1. The largest absolute Gasteiger partial charge is 0.472 e. The molecule has 0 radical (unpaired) electrons. The van der Waals surface area contributed by atoms with Gasteiger partial charge in [-0.25, -0.2) is 4.57 Å². The molecule has 0 aromatic carbocycles. The molecule has 0 rings (SSSR count). The number of carbonyl (C=O) groups is 1. The van der Waals surface area contributed by atoms with Crippen molar-refractivity contribution in [3.63, 3.8) is 0 Å². The molecule has 3 unspecified atom stereocenters. The van der Waals surface area contributed by atoms with Gasteiger partial charge in [0.15, 0.2) is 0 Å². The van der Waals surface area contributed by atoms with Gasteiger partial charge in [-0.1, -0.05) is 209 Å². The highest BCUT2D eigenvalue weighted by Gasteiger charge is 2.27. The number of quaternary nitrogens is 1. The maximum absolute atomic E-state index is 12.9. The van der Waals surface area contributed by atoms with Crippen LogP contribution >= 0.6 is 7.82 Å². The van der Waals surface area contributed by atoms with Crippen molar-refractivity contribution in [1.29, 1.82) is 0 Å². The Morgan fingerprint density at radius 1 is 0.547 bits per heavy atom. The van der Waals surface area contributed by atoms with E-state index in [4.69, 9.17) is 9.05 Å². The summed E-state index contributed by atoms with van der Waals surface area (Å²) in [5.41, 5.74) is 0. The molecule has 9 heteroatoms. The summed E-state index contributed by atoms with van der Waals surface area (Å²) in [6.07, 6.45) is 62.9. The number of hydrogen-bond donors (Lipinski definition) is 3. The number of unbranched alkanes of at least 4 members (excludes halogenated alkanes) is 24. The lowest BCUT2D eigenvalue weighted by atomic mass is 10.0. The third-order valence-corrected chi connectivity index (χ3v) is 12.4. The van der Waals surface area contributed by atoms with Crippen molar-refractivity contribution >= 4 is 13.7 Å². The summed E-state index contributed by atoms with van der Waals surface area (Å²) in [6.45, 7) is 4.66. The van der Waals surface area contributed by atoms with Crippen LogP contribution in [0.2, 0.25) is 0 Å². The fourth-order valence-electron chi connectivity index (χ4n) is 7.26. The Morgan fingerprint density at radius 2 is 0.953 bits per heavy atom. The summed E-state index contributed by atoms with van der Waals surface area (Å²) in [5.74, 6) is -0.210. The summed E-state index contributed by atoms with van der Waals surface area (Å²) < 4.78 is 23.6. The molecule has 0 aromatic rings. The Labute approximate surface area is 395 Å². The maximum Gasteiger partial charge on any atom is 0.472 e. The highest BCUT2D eigenvalue weighted by Crippen LogP contribution is 2.43. The van der Waals surface area contributed by atoms with Crippen LogP contribution in [0.3, 0.4) is 0 Å². The van der Waals surface area contributed by atoms with Gasteiger partial charge in [-0.15, -0.1) is 0 Å². The van der Waals surface area contributed by atoms with Gasteiger partial charge < -0.3 is 19.8 Å². The van der Waals surface area contributed by atoms with Crippen LogP contribution in [0.25, 0.3) is 0 Å². The zero-order valence-electron chi connectivity index (χ0n) is 42.3. The van der Waals surface area contributed by atoms with Crippen molar-refractivity contribution in [2.24, 2.45) is 0 Å². The van der Waals surface area contributed by atoms with Gasteiger partial charge in [-0.3, -0.25) is 13.8 Å². The second kappa shape index (κ2) is 46.1. The summed E-state index contributed by atoms with van der Waals surface area (Å²) in [7, 11) is 1.52. The number of nitrogens with one attached hydrogen (secondary N) is 1. The van der Waals surface area contributed by atoms with Crippen LogP contribution in [-0.2, 0) is 18.4 Å². The van der Waals surface area contributed by atoms with Crippen molar-refractivity contribution in [1.82, 2.24) is 5.32 Å². The second-order valence-corrected chi connectivity index (χ2v) is 20.3. The zero-order chi connectivity index (χ0) is 47.1. The van der Waals surface area contributed by atoms with Crippen molar-refractivity contribution in [3.8, 4) is 0 Å². The van der Waals surface area contributed by atoms with Crippen molar-refractivity contribution in [2.75, 3.05) is 40.9 Å². The predicted molar refractivity (Wildman–Crippen MR) is 276 cm³/mol. The van der Waals surface area contributed by atoms with Crippen LogP contribution in [0, 0.1) is 0 Å². The van der Waals surface area contributed by atoms with Gasteiger partial charge in [0, 0.05) is 6.42 Å². The Bertz CT molecular complexity index is 1270. The third-order valence-electron chi connectivity index (χ3n) is 11.4. The first kappa shape index (κ1) is 61.9. The fourth-order valence-corrected chi connectivity index (χ4v) is 8.00. The number of amides is 1. The average molecular weight is 918 g/mol. The van der Waals surface area contributed by atoms with E-state index in [1.54, 1.807) is 6.08 Å². The van der Waals surface area contributed by atoms with Gasteiger partial charge >= 0.3 is 7.82 Å². The normalized spacial score (nSPS) is 14.7. The van der Waals surface area contributed by atoms with E-state index in [2.05, 4.69) is 79.9 Å². The lowest BCUT2D eigenvalue weighted by Crippen LogP contribution is -2.45. The first-order valence-corrected chi connectivity index (χ1v) is 27.8. The number of allylic oxidation sites excluding steroid dienone is 11. The van der Waals surface area contributed by atoms with Gasteiger partial charge in [0.2, 0.25) is 5.91 Å². The summed E-state index contributed by atoms with van der Waals surface area (Å²) >= 11 is 0. The first-order valence-electron chi connectivity index (χ1n) is 26.3. The minimum Gasteiger partial charge on any atom is -0.387 e. The van der Waals surface area contributed by atoms with Gasteiger partial charge in [-0.2, -0.15) is 0 Å². The Kier molecular flexibility index (Phi) is 44.6. The Balaban J connectivity index is 4.33. The highest BCUT2D eigenvalue weighted by molar-refractivity contribution is 7.47. The number of hydrogen-bond acceptors (Lipinski definition) is 5. The molecule has 1 amide bonds. The number of rotatable bonds is 47. The minimum absolute atomic E-state index is 0.0466. The Hall–Kier alpha value is -2.06. The van der Waals surface area contributed by atoms with Gasteiger partial charge in [0.1, 0.15) is 13.2 Å². The zero-order valence-corrected chi connectivity index (χ0v) is 43.1. The fraction of sp³-hybridized carbons (Fsp3) is 0.764. The first-order chi connectivity index (χ1) is 31.0. The van der Waals surface area contributed by atoms with Gasteiger partial charge in [-0.05, 0) is 77.0 Å². The number of aliphatic hydroxyl groups is 1. The van der Waals surface area contributed by atoms with E-state index in [9.17, 15) is 19.4 Å². The molecule has 0 saturated heterocycles. The van der Waals surface area contributed by atoms with E-state index >= 15 is 0 Å². The number of phosphoric acid groups is 1. The number of aliphatic hydroxyl groups excluding tert-OH is 1. The molecule has 0 heterocycles. The average Bonchev–Trinajstić information content (AvgIpc) is 3.25. The molecule has 0 aromatic heterocycles. The quantitative estimate of drug-likeness (QED) is 0.0243. The van der Waals surface area contributed by atoms with E-state index in [0.717, 1.165) is 83.5 Å². The molecule has 0 saturated carbocycles. The molecule has 0 aliphatic rings. The molecular formula is C55H102N2O6P+. The molecule has 0 fully saturated rings. The molecular weight excluding hydrogens is 816 g/mol. The molecule has 64 heavy (non-hydrogen) atoms. The van der Waals surface area contributed by atoms with Gasteiger partial charge in [0.05, 0.1) is 39.9 Å². The van der Waals surface area contributed by atoms with Crippen LogP contribution in [0.5, 0.6) is 0 Å². The molecule has 0 bridgehead atoms. The summed E-state index contributed by atoms with van der Waals surface area (Å²) in [5, 5.41) is 13.8. The van der Waals surface area contributed by atoms with Crippen LogP contribution < -0.4 is 5.32 Å².